The van der Waals surface area contributed by atoms with Crippen LogP contribution in [0.5, 0.6) is 0 Å². The van der Waals surface area contributed by atoms with Crippen LogP contribution in [0.2, 0.25) is 0 Å². The Kier molecular flexibility index (Phi) is 6.08. The highest BCUT2D eigenvalue weighted by molar-refractivity contribution is 7.88. The largest absolute Gasteiger partial charge is 0.469 e. The first-order valence-electron chi connectivity index (χ1n) is 5.35. The molecule has 0 saturated heterocycles. The molecule has 0 saturated carbocycles. The zero-order valence-electron chi connectivity index (χ0n) is 11.0. The van der Waals surface area contributed by atoms with Crippen molar-refractivity contribution in [2.75, 3.05) is 19.9 Å². The lowest BCUT2D eigenvalue weighted by molar-refractivity contribution is -0.141. The average molecular weight is 266 g/mol. The van der Waals surface area contributed by atoms with Gasteiger partial charge in [0.2, 0.25) is 10.0 Å². The van der Waals surface area contributed by atoms with Gasteiger partial charge in [-0.1, -0.05) is 0 Å². The molecule has 0 amide bonds. The molecule has 0 aromatic carbocycles. The first kappa shape index (κ1) is 16.3. The molecule has 102 valence electrons. The van der Waals surface area contributed by atoms with Crippen molar-refractivity contribution in [1.82, 2.24) is 10.0 Å². The minimum atomic E-state index is -3.24. The quantitative estimate of drug-likeness (QED) is 0.626. The van der Waals surface area contributed by atoms with E-state index in [9.17, 15) is 13.2 Å². The molecule has 0 rings (SSSR count). The van der Waals surface area contributed by atoms with Crippen LogP contribution < -0.4 is 10.0 Å². The molecule has 1 unspecified atom stereocenters. The Hall–Kier alpha value is -0.660. The molecule has 0 aromatic rings. The lowest BCUT2D eigenvalue weighted by Gasteiger charge is -2.27. The summed E-state index contributed by atoms with van der Waals surface area (Å²) in [5.74, 6) is -0.293. The Bertz CT molecular complexity index is 351. The summed E-state index contributed by atoms with van der Waals surface area (Å²) in [4.78, 5) is 11.0. The van der Waals surface area contributed by atoms with Gasteiger partial charge in [0, 0.05) is 18.1 Å². The van der Waals surface area contributed by atoms with Gasteiger partial charge in [-0.2, -0.15) is 0 Å². The van der Waals surface area contributed by atoms with E-state index in [2.05, 4.69) is 14.8 Å². The van der Waals surface area contributed by atoms with Crippen molar-refractivity contribution in [3.63, 3.8) is 0 Å². The maximum absolute atomic E-state index is 11.1. The SMILES string of the molecule is COC(=O)CC(C)NCC(C)(C)NS(C)(=O)=O. The molecule has 0 heterocycles. The van der Waals surface area contributed by atoms with Gasteiger partial charge in [0.15, 0.2) is 0 Å². The van der Waals surface area contributed by atoms with Crippen LogP contribution in [-0.2, 0) is 19.6 Å². The highest BCUT2D eigenvalue weighted by Crippen LogP contribution is 2.03. The van der Waals surface area contributed by atoms with Crippen LogP contribution in [0.3, 0.4) is 0 Å². The molecule has 7 heteroatoms. The number of sulfonamides is 1. The standard InChI is InChI=1S/C10H22N2O4S/c1-8(6-9(13)16-4)11-7-10(2,3)12-17(5,14)15/h8,11-12H,6-7H2,1-5H3. The number of carbonyl (C=O) groups is 1. The first-order chi connectivity index (χ1) is 7.56. The Morgan fingerprint density at radius 1 is 1.41 bits per heavy atom. The molecule has 0 spiro atoms. The van der Waals surface area contributed by atoms with Crippen LogP contribution in [0.1, 0.15) is 27.2 Å². The van der Waals surface area contributed by atoms with E-state index in [0.717, 1.165) is 6.26 Å². The summed E-state index contributed by atoms with van der Waals surface area (Å²) in [5, 5.41) is 3.08. The Morgan fingerprint density at radius 2 is 1.94 bits per heavy atom. The second-order valence-corrected chi connectivity index (χ2v) is 6.57. The van der Waals surface area contributed by atoms with E-state index in [0.29, 0.717) is 6.54 Å². The molecule has 0 aliphatic heterocycles. The number of hydrogen-bond acceptors (Lipinski definition) is 5. The van der Waals surface area contributed by atoms with Crippen molar-refractivity contribution in [2.24, 2.45) is 0 Å². The monoisotopic (exact) mass is 266 g/mol. The molecule has 0 bridgehead atoms. The molecule has 17 heavy (non-hydrogen) atoms. The van der Waals surface area contributed by atoms with Crippen LogP contribution in [-0.4, -0.2) is 45.9 Å². The Morgan fingerprint density at radius 3 is 2.35 bits per heavy atom. The zero-order chi connectivity index (χ0) is 13.7. The lowest BCUT2D eigenvalue weighted by atomic mass is 10.1. The third kappa shape index (κ3) is 9.08. The normalized spacial score (nSPS) is 14.4. The summed E-state index contributed by atoms with van der Waals surface area (Å²) in [5.41, 5.74) is -0.599. The summed E-state index contributed by atoms with van der Waals surface area (Å²) in [6.07, 6.45) is 1.37. The number of carbonyl (C=O) groups excluding carboxylic acids is 1. The molecule has 0 fully saturated rings. The van der Waals surface area contributed by atoms with Crippen molar-refractivity contribution in [1.29, 1.82) is 0 Å². The van der Waals surface area contributed by atoms with Gasteiger partial charge in [0.05, 0.1) is 19.8 Å². The van der Waals surface area contributed by atoms with E-state index in [1.54, 1.807) is 13.8 Å². The summed E-state index contributed by atoms with van der Waals surface area (Å²) in [6.45, 7) is 5.81. The maximum atomic E-state index is 11.1. The third-order valence-electron chi connectivity index (χ3n) is 2.05. The average Bonchev–Trinajstić information content (AvgIpc) is 2.11. The number of nitrogens with one attached hydrogen (secondary N) is 2. The van der Waals surface area contributed by atoms with Crippen molar-refractivity contribution in [3.8, 4) is 0 Å². The van der Waals surface area contributed by atoms with Crippen molar-refractivity contribution in [3.05, 3.63) is 0 Å². The van der Waals surface area contributed by atoms with Gasteiger partial charge in [0.25, 0.3) is 0 Å². The summed E-state index contributed by atoms with van der Waals surface area (Å²) in [7, 11) is -1.90. The van der Waals surface area contributed by atoms with Gasteiger partial charge in [-0.3, -0.25) is 4.79 Å². The number of hydrogen-bond donors (Lipinski definition) is 2. The fraction of sp³-hybridized carbons (Fsp3) is 0.900. The molecule has 0 aromatic heterocycles. The Labute approximate surface area is 103 Å². The van der Waals surface area contributed by atoms with Gasteiger partial charge in [-0.25, -0.2) is 13.1 Å². The topological polar surface area (TPSA) is 84.5 Å². The van der Waals surface area contributed by atoms with Gasteiger partial charge in [-0.05, 0) is 20.8 Å². The molecule has 0 radical (unpaired) electrons. The van der Waals surface area contributed by atoms with E-state index in [4.69, 9.17) is 0 Å². The smallest absolute Gasteiger partial charge is 0.307 e. The van der Waals surface area contributed by atoms with E-state index in [1.165, 1.54) is 7.11 Å². The highest BCUT2D eigenvalue weighted by atomic mass is 32.2. The number of ether oxygens (including phenoxy) is 1. The summed E-state index contributed by atoms with van der Waals surface area (Å²) in [6, 6.07) is -0.0666. The van der Waals surface area contributed by atoms with E-state index in [1.807, 2.05) is 6.92 Å². The van der Waals surface area contributed by atoms with Crippen LogP contribution in [0.15, 0.2) is 0 Å². The van der Waals surface area contributed by atoms with Crippen molar-refractivity contribution >= 4 is 16.0 Å². The fourth-order valence-corrected chi connectivity index (χ4v) is 2.45. The predicted molar refractivity (Wildman–Crippen MR) is 66.2 cm³/mol. The minimum Gasteiger partial charge on any atom is -0.469 e. The number of rotatable bonds is 7. The van der Waals surface area contributed by atoms with Gasteiger partial charge in [0.1, 0.15) is 0 Å². The van der Waals surface area contributed by atoms with E-state index in [-0.39, 0.29) is 18.4 Å². The maximum Gasteiger partial charge on any atom is 0.307 e. The van der Waals surface area contributed by atoms with Crippen LogP contribution in [0.4, 0.5) is 0 Å². The van der Waals surface area contributed by atoms with Crippen LogP contribution >= 0.6 is 0 Å². The molecule has 0 aliphatic rings. The van der Waals surface area contributed by atoms with Crippen molar-refractivity contribution < 1.29 is 17.9 Å². The van der Waals surface area contributed by atoms with Gasteiger partial charge < -0.3 is 10.1 Å². The van der Waals surface area contributed by atoms with Crippen LogP contribution in [0.25, 0.3) is 0 Å². The molecule has 2 N–H and O–H groups in total. The lowest BCUT2D eigenvalue weighted by Crippen LogP contribution is -2.51. The second kappa shape index (κ2) is 6.32. The molecule has 1 atom stereocenters. The first-order valence-corrected chi connectivity index (χ1v) is 7.24. The van der Waals surface area contributed by atoms with Gasteiger partial charge >= 0.3 is 5.97 Å². The summed E-state index contributed by atoms with van der Waals surface area (Å²) < 4.78 is 29.3. The summed E-state index contributed by atoms with van der Waals surface area (Å²) >= 11 is 0. The number of methoxy groups -OCH3 is 1. The predicted octanol–water partition coefficient (Wildman–Crippen LogP) is -0.145. The van der Waals surface area contributed by atoms with Gasteiger partial charge in [-0.15, -0.1) is 0 Å². The van der Waals surface area contributed by atoms with E-state index < -0.39 is 15.6 Å². The fourth-order valence-electron chi connectivity index (χ4n) is 1.37. The molecule has 6 nitrogen and oxygen atoms in total. The Balaban J connectivity index is 4.13. The van der Waals surface area contributed by atoms with Crippen molar-refractivity contribution in [2.45, 2.75) is 38.8 Å². The second-order valence-electron chi connectivity index (χ2n) is 4.82. The van der Waals surface area contributed by atoms with Crippen LogP contribution in [0, 0.1) is 0 Å². The van der Waals surface area contributed by atoms with E-state index >= 15 is 0 Å². The number of esters is 1. The highest BCUT2D eigenvalue weighted by Gasteiger charge is 2.22. The minimum absolute atomic E-state index is 0.0666. The third-order valence-corrected chi connectivity index (χ3v) is 2.98. The zero-order valence-corrected chi connectivity index (χ0v) is 11.8. The molecular weight excluding hydrogens is 244 g/mol. The molecular formula is C10H22N2O4S. The molecule has 0 aliphatic carbocycles.